The Labute approximate surface area is 157 Å². The maximum absolute atomic E-state index is 12.5. The first-order chi connectivity index (χ1) is 11.6. The number of nitrogens with one attached hydrogen (secondary N) is 1. The molecule has 0 aromatic carbocycles. The first kappa shape index (κ1) is 20.5. The predicted octanol–water partition coefficient (Wildman–Crippen LogP) is 0.955. The van der Waals surface area contributed by atoms with Crippen molar-refractivity contribution in [2.45, 2.75) is 38.5 Å². The Kier molecular flexibility index (Phi) is 7.52. The normalized spacial score (nSPS) is 24.8. The van der Waals surface area contributed by atoms with Gasteiger partial charge in [-0.25, -0.2) is 0 Å². The van der Waals surface area contributed by atoms with Crippen molar-refractivity contribution in [1.82, 2.24) is 20.0 Å². The van der Waals surface area contributed by atoms with Crippen LogP contribution >= 0.6 is 12.4 Å². The second-order valence-electron chi connectivity index (χ2n) is 7.79. The number of piperidine rings is 1. The number of carbonyl (C=O) groups excluding carboxylic acids is 2. The maximum Gasteiger partial charge on any atom is 0.223 e. The standard InChI is InChI=1S/C18H32N4O2.ClH/c1-20-11-5-18(4-2-16(20)23)6-12-22(13-7-18)17(24)3-10-21-14-8-19-9-15-21;/h19H,2-15H2,1H3;1H. The van der Waals surface area contributed by atoms with E-state index in [1.807, 2.05) is 11.9 Å². The van der Waals surface area contributed by atoms with E-state index < -0.39 is 0 Å². The van der Waals surface area contributed by atoms with Gasteiger partial charge in [0, 0.05) is 72.2 Å². The van der Waals surface area contributed by atoms with E-state index in [2.05, 4.69) is 15.1 Å². The maximum atomic E-state index is 12.5. The average molecular weight is 373 g/mol. The highest BCUT2D eigenvalue weighted by Crippen LogP contribution is 2.41. The molecule has 25 heavy (non-hydrogen) atoms. The highest BCUT2D eigenvalue weighted by molar-refractivity contribution is 5.85. The van der Waals surface area contributed by atoms with E-state index in [0.717, 1.165) is 78.0 Å². The van der Waals surface area contributed by atoms with Crippen molar-refractivity contribution in [3.63, 3.8) is 0 Å². The summed E-state index contributed by atoms with van der Waals surface area (Å²) < 4.78 is 0. The van der Waals surface area contributed by atoms with Crippen molar-refractivity contribution in [3.05, 3.63) is 0 Å². The second-order valence-corrected chi connectivity index (χ2v) is 7.79. The van der Waals surface area contributed by atoms with Crippen LogP contribution in [0.1, 0.15) is 38.5 Å². The summed E-state index contributed by atoms with van der Waals surface area (Å²) in [5.74, 6) is 0.589. The molecule has 3 rings (SSSR count). The minimum Gasteiger partial charge on any atom is -0.346 e. The van der Waals surface area contributed by atoms with E-state index in [9.17, 15) is 9.59 Å². The minimum atomic E-state index is 0. The lowest BCUT2D eigenvalue weighted by atomic mass is 9.73. The van der Waals surface area contributed by atoms with Gasteiger partial charge in [0.05, 0.1) is 0 Å². The molecular formula is C18H33ClN4O2. The number of carbonyl (C=O) groups is 2. The second kappa shape index (κ2) is 9.19. The third-order valence-corrected chi connectivity index (χ3v) is 6.30. The molecule has 3 aliphatic rings. The molecule has 0 aromatic rings. The van der Waals surface area contributed by atoms with Crippen LogP contribution in [0, 0.1) is 5.41 Å². The topological polar surface area (TPSA) is 55.9 Å². The molecule has 0 atom stereocenters. The van der Waals surface area contributed by atoms with Gasteiger partial charge < -0.3 is 20.0 Å². The molecule has 144 valence electrons. The van der Waals surface area contributed by atoms with Gasteiger partial charge in [0.2, 0.25) is 11.8 Å². The van der Waals surface area contributed by atoms with Gasteiger partial charge in [0.1, 0.15) is 0 Å². The molecule has 0 bridgehead atoms. The molecule has 2 amide bonds. The molecule has 3 fully saturated rings. The van der Waals surface area contributed by atoms with Gasteiger partial charge >= 0.3 is 0 Å². The fraction of sp³-hybridized carbons (Fsp3) is 0.889. The molecular weight excluding hydrogens is 340 g/mol. The number of halogens is 1. The summed E-state index contributed by atoms with van der Waals surface area (Å²) in [6.45, 7) is 7.69. The zero-order valence-electron chi connectivity index (χ0n) is 15.5. The van der Waals surface area contributed by atoms with E-state index in [1.165, 1.54) is 0 Å². The summed E-state index contributed by atoms with van der Waals surface area (Å²) in [6.07, 6.45) is 5.54. The van der Waals surface area contributed by atoms with Crippen molar-refractivity contribution in [1.29, 1.82) is 0 Å². The number of rotatable bonds is 3. The Balaban J connectivity index is 0.00000225. The Morgan fingerprint density at radius 1 is 1.04 bits per heavy atom. The molecule has 3 saturated heterocycles. The smallest absolute Gasteiger partial charge is 0.223 e. The van der Waals surface area contributed by atoms with Crippen LogP contribution in [0.4, 0.5) is 0 Å². The Morgan fingerprint density at radius 3 is 2.36 bits per heavy atom. The van der Waals surface area contributed by atoms with Crippen molar-refractivity contribution in [3.8, 4) is 0 Å². The lowest BCUT2D eigenvalue weighted by Gasteiger charge is -2.41. The van der Waals surface area contributed by atoms with E-state index in [4.69, 9.17) is 0 Å². The highest BCUT2D eigenvalue weighted by atomic mass is 35.5. The fourth-order valence-corrected chi connectivity index (χ4v) is 4.29. The third kappa shape index (κ3) is 5.31. The molecule has 3 aliphatic heterocycles. The average Bonchev–Trinajstić information content (AvgIpc) is 2.76. The molecule has 3 heterocycles. The fourth-order valence-electron chi connectivity index (χ4n) is 4.29. The Morgan fingerprint density at radius 2 is 1.68 bits per heavy atom. The van der Waals surface area contributed by atoms with Crippen LogP contribution in [0.3, 0.4) is 0 Å². The summed E-state index contributed by atoms with van der Waals surface area (Å²) in [5, 5.41) is 3.35. The molecule has 1 N–H and O–H groups in total. The van der Waals surface area contributed by atoms with Crippen molar-refractivity contribution in [2.24, 2.45) is 5.41 Å². The van der Waals surface area contributed by atoms with Gasteiger partial charge in [-0.2, -0.15) is 0 Å². The van der Waals surface area contributed by atoms with Crippen LogP contribution in [-0.4, -0.2) is 85.9 Å². The predicted molar refractivity (Wildman–Crippen MR) is 101 cm³/mol. The van der Waals surface area contributed by atoms with Crippen LogP contribution in [0.5, 0.6) is 0 Å². The molecule has 6 nitrogen and oxygen atoms in total. The van der Waals surface area contributed by atoms with E-state index in [0.29, 0.717) is 18.7 Å². The van der Waals surface area contributed by atoms with E-state index in [1.54, 1.807) is 0 Å². The Bertz CT molecular complexity index is 460. The SMILES string of the molecule is CN1CCC2(CCC1=O)CCN(C(=O)CCN1CCNCC1)CC2.Cl. The Hall–Kier alpha value is -0.850. The number of piperazine rings is 1. The zero-order chi connectivity index (χ0) is 17.0. The molecule has 1 spiro atoms. The lowest BCUT2D eigenvalue weighted by Crippen LogP contribution is -2.46. The van der Waals surface area contributed by atoms with E-state index in [-0.39, 0.29) is 23.7 Å². The molecule has 0 saturated carbocycles. The summed E-state index contributed by atoms with van der Waals surface area (Å²) >= 11 is 0. The van der Waals surface area contributed by atoms with Crippen molar-refractivity contribution >= 4 is 24.2 Å². The van der Waals surface area contributed by atoms with Gasteiger partial charge in [-0.15, -0.1) is 12.4 Å². The summed E-state index contributed by atoms with van der Waals surface area (Å²) in [7, 11) is 1.91. The summed E-state index contributed by atoms with van der Waals surface area (Å²) in [6, 6.07) is 0. The molecule has 0 aromatic heterocycles. The summed E-state index contributed by atoms with van der Waals surface area (Å²) in [5.41, 5.74) is 0.287. The highest BCUT2D eigenvalue weighted by Gasteiger charge is 2.38. The number of nitrogens with zero attached hydrogens (tertiary/aromatic N) is 3. The van der Waals surface area contributed by atoms with Gasteiger partial charge in [-0.05, 0) is 31.1 Å². The van der Waals surface area contributed by atoms with Gasteiger partial charge in [0.15, 0.2) is 0 Å². The molecule has 0 unspecified atom stereocenters. The molecule has 0 aliphatic carbocycles. The van der Waals surface area contributed by atoms with E-state index >= 15 is 0 Å². The first-order valence-corrected chi connectivity index (χ1v) is 9.53. The third-order valence-electron chi connectivity index (χ3n) is 6.30. The molecule has 0 radical (unpaired) electrons. The van der Waals surface area contributed by atoms with Gasteiger partial charge in [-0.3, -0.25) is 9.59 Å². The number of hydrogen-bond acceptors (Lipinski definition) is 4. The largest absolute Gasteiger partial charge is 0.346 e. The van der Waals surface area contributed by atoms with Gasteiger partial charge in [-0.1, -0.05) is 0 Å². The van der Waals surface area contributed by atoms with Crippen LogP contribution in [0.25, 0.3) is 0 Å². The zero-order valence-corrected chi connectivity index (χ0v) is 16.3. The van der Waals surface area contributed by atoms with Crippen LogP contribution in [0.2, 0.25) is 0 Å². The minimum absolute atomic E-state index is 0. The van der Waals surface area contributed by atoms with Gasteiger partial charge in [0.25, 0.3) is 0 Å². The lowest BCUT2D eigenvalue weighted by molar-refractivity contribution is -0.134. The van der Waals surface area contributed by atoms with Crippen molar-refractivity contribution < 1.29 is 9.59 Å². The van der Waals surface area contributed by atoms with Crippen LogP contribution in [0.15, 0.2) is 0 Å². The number of amides is 2. The number of likely N-dealkylation sites (tertiary alicyclic amines) is 2. The molecule has 7 heteroatoms. The summed E-state index contributed by atoms with van der Waals surface area (Å²) in [4.78, 5) is 30.7. The van der Waals surface area contributed by atoms with Crippen LogP contribution in [-0.2, 0) is 9.59 Å². The number of hydrogen-bond donors (Lipinski definition) is 1. The first-order valence-electron chi connectivity index (χ1n) is 9.53. The monoisotopic (exact) mass is 372 g/mol. The quantitative estimate of drug-likeness (QED) is 0.801. The van der Waals surface area contributed by atoms with Crippen LogP contribution < -0.4 is 5.32 Å². The van der Waals surface area contributed by atoms with Crippen molar-refractivity contribution in [2.75, 3.05) is 59.4 Å².